The average Bonchev–Trinajstić information content (AvgIpc) is 2.37. The molecule has 0 radical (unpaired) electrons. The zero-order chi connectivity index (χ0) is 14.9. The van der Waals surface area contributed by atoms with E-state index in [0.717, 1.165) is 11.6 Å². The van der Waals surface area contributed by atoms with Crippen LogP contribution in [0.5, 0.6) is 0 Å². The summed E-state index contributed by atoms with van der Waals surface area (Å²) in [6.45, 7) is 3.39. The van der Waals surface area contributed by atoms with Crippen LogP contribution in [0, 0.1) is 19.7 Å². The van der Waals surface area contributed by atoms with Crippen molar-refractivity contribution < 1.29 is 12.8 Å². The Kier molecular flexibility index (Phi) is 3.67. The summed E-state index contributed by atoms with van der Waals surface area (Å²) in [5.41, 5.74) is 7.80. The minimum atomic E-state index is -3.83. The van der Waals surface area contributed by atoms with Gasteiger partial charge in [0.05, 0.1) is 10.6 Å². The van der Waals surface area contributed by atoms with Crippen LogP contribution in [0.1, 0.15) is 11.1 Å². The van der Waals surface area contributed by atoms with Gasteiger partial charge < -0.3 is 5.73 Å². The Balaban J connectivity index is 2.35. The predicted molar refractivity (Wildman–Crippen MR) is 77.5 cm³/mol. The van der Waals surface area contributed by atoms with E-state index < -0.39 is 15.8 Å². The van der Waals surface area contributed by atoms with Crippen molar-refractivity contribution in [3.05, 3.63) is 53.3 Å². The Morgan fingerprint density at radius 2 is 1.70 bits per heavy atom. The second kappa shape index (κ2) is 5.13. The molecule has 3 N–H and O–H groups in total. The fourth-order valence-corrected chi connectivity index (χ4v) is 2.72. The maximum Gasteiger partial charge on any atom is 0.261 e. The van der Waals surface area contributed by atoms with Crippen molar-refractivity contribution in [3.8, 4) is 0 Å². The van der Waals surface area contributed by atoms with Crippen LogP contribution >= 0.6 is 0 Å². The predicted octanol–water partition coefficient (Wildman–Crippen LogP) is 2.83. The Labute approximate surface area is 117 Å². The lowest BCUT2D eigenvalue weighted by Crippen LogP contribution is -2.13. The third-order valence-electron chi connectivity index (χ3n) is 2.99. The number of hydrogen-bond donors (Lipinski definition) is 2. The van der Waals surface area contributed by atoms with Crippen molar-refractivity contribution >= 4 is 21.4 Å². The van der Waals surface area contributed by atoms with Gasteiger partial charge in [-0.1, -0.05) is 12.1 Å². The lowest BCUT2D eigenvalue weighted by molar-refractivity contribution is 0.593. The summed E-state index contributed by atoms with van der Waals surface area (Å²) in [5.74, 6) is -0.559. The average molecular weight is 294 g/mol. The molecule has 0 amide bonds. The van der Waals surface area contributed by atoms with Crippen molar-refractivity contribution in [1.82, 2.24) is 0 Å². The number of nitrogen functional groups attached to an aromatic ring is 1. The lowest BCUT2D eigenvalue weighted by atomic mass is 10.2. The van der Waals surface area contributed by atoms with Gasteiger partial charge in [0.15, 0.2) is 0 Å². The van der Waals surface area contributed by atoms with Gasteiger partial charge in [-0.15, -0.1) is 0 Å². The summed E-state index contributed by atoms with van der Waals surface area (Å²) in [5, 5.41) is 0. The first-order valence-electron chi connectivity index (χ1n) is 5.95. The van der Waals surface area contributed by atoms with Crippen LogP contribution in [0.25, 0.3) is 0 Å². The van der Waals surface area contributed by atoms with Gasteiger partial charge in [-0.2, -0.15) is 0 Å². The van der Waals surface area contributed by atoms with E-state index in [1.54, 1.807) is 19.1 Å². The Morgan fingerprint density at radius 3 is 2.30 bits per heavy atom. The van der Waals surface area contributed by atoms with Crippen LogP contribution in [-0.2, 0) is 10.0 Å². The molecule has 2 aromatic carbocycles. The Morgan fingerprint density at radius 1 is 1.05 bits per heavy atom. The molecule has 0 spiro atoms. The first-order valence-corrected chi connectivity index (χ1v) is 7.43. The molecule has 0 fully saturated rings. The lowest BCUT2D eigenvalue weighted by Gasteiger charge is -2.10. The van der Waals surface area contributed by atoms with Gasteiger partial charge in [0.2, 0.25) is 0 Å². The van der Waals surface area contributed by atoms with Crippen molar-refractivity contribution in [1.29, 1.82) is 0 Å². The van der Waals surface area contributed by atoms with Crippen molar-refractivity contribution in [3.63, 3.8) is 0 Å². The number of hydrogen-bond acceptors (Lipinski definition) is 3. The first-order chi connectivity index (χ1) is 9.29. The zero-order valence-electron chi connectivity index (χ0n) is 11.1. The van der Waals surface area contributed by atoms with Crippen molar-refractivity contribution in [2.45, 2.75) is 18.7 Å². The van der Waals surface area contributed by atoms with Crippen LogP contribution < -0.4 is 10.5 Å². The maximum absolute atomic E-state index is 13.5. The van der Waals surface area contributed by atoms with Crippen LogP contribution in [0.3, 0.4) is 0 Å². The normalized spacial score (nSPS) is 11.3. The number of benzene rings is 2. The largest absolute Gasteiger partial charge is 0.398 e. The molecule has 2 rings (SSSR count). The molecule has 0 aliphatic carbocycles. The van der Waals surface area contributed by atoms with E-state index in [1.807, 2.05) is 6.92 Å². The third kappa shape index (κ3) is 2.91. The topological polar surface area (TPSA) is 72.2 Å². The summed E-state index contributed by atoms with van der Waals surface area (Å²) in [4.78, 5) is -0.125. The van der Waals surface area contributed by atoms with Gasteiger partial charge in [-0.05, 0) is 49.2 Å². The Hall–Kier alpha value is -2.08. The third-order valence-corrected chi connectivity index (χ3v) is 4.36. The highest BCUT2D eigenvalue weighted by molar-refractivity contribution is 7.92. The van der Waals surface area contributed by atoms with Crippen molar-refractivity contribution in [2.75, 3.05) is 10.5 Å². The molecule has 0 atom stereocenters. The molecule has 106 valence electrons. The molecular weight excluding hydrogens is 279 g/mol. The number of nitrogens with one attached hydrogen (secondary N) is 1. The van der Waals surface area contributed by atoms with Gasteiger partial charge in [0.25, 0.3) is 10.0 Å². The molecule has 0 bridgehead atoms. The van der Waals surface area contributed by atoms with E-state index in [-0.39, 0.29) is 4.90 Å². The molecule has 6 heteroatoms. The fourth-order valence-electron chi connectivity index (χ4n) is 1.66. The summed E-state index contributed by atoms with van der Waals surface area (Å²) in [7, 11) is -3.83. The molecule has 0 saturated carbocycles. The first kappa shape index (κ1) is 14.3. The monoisotopic (exact) mass is 294 g/mol. The maximum atomic E-state index is 13.5. The van der Waals surface area contributed by atoms with Gasteiger partial charge in [0.1, 0.15) is 5.82 Å². The molecule has 0 aliphatic rings. The SMILES string of the molecule is Cc1ccc(NS(=O)(=O)c2ccc(C)c(F)c2)cc1N. The molecule has 4 nitrogen and oxygen atoms in total. The number of aryl methyl sites for hydroxylation is 2. The number of anilines is 2. The molecular formula is C14H15FN2O2S. The molecule has 0 unspecified atom stereocenters. The summed E-state index contributed by atoms with van der Waals surface area (Å²) in [6.07, 6.45) is 0. The highest BCUT2D eigenvalue weighted by Gasteiger charge is 2.16. The number of rotatable bonds is 3. The number of sulfonamides is 1. The summed E-state index contributed by atoms with van der Waals surface area (Å²) < 4.78 is 40.1. The molecule has 0 aromatic heterocycles. The van der Waals surface area contributed by atoms with E-state index in [1.165, 1.54) is 18.2 Å². The molecule has 0 heterocycles. The van der Waals surface area contributed by atoms with Gasteiger partial charge in [-0.3, -0.25) is 4.72 Å². The molecule has 20 heavy (non-hydrogen) atoms. The van der Waals surface area contributed by atoms with E-state index in [9.17, 15) is 12.8 Å². The van der Waals surface area contributed by atoms with Gasteiger partial charge in [0, 0.05) is 5.69 Å². The smallest absolute Gasteiger partial charge is 0.261 e. The van der Waals surface area contributed by atoms with Crippen LogP contribution in [-0.4, -0.2) is 8.42 Å². The molecule has 2 aromatic rings. The number of halogens is 1. The van der Waals surface area contributed by atoms with Gasteiger partial charge >= 0.3 is 0 Å². The van der Waals surface area contributed by atoms with E-state index in [0.29, 0.717) is 16.9 Å². The standard InChI is InChI=1S/C14H15FN2O2S/c1-9-4-6-12(8-13(9)15)20(18,19)17-11-5-3-10(2)14(16)7-11/h3-8,17H,16H2,1-2H3. The second-order valence-corrected chi connectivity index (χ2v) is 6.27. The van der Waals surface area contributed by atoms with E-state index in [2.05, 4.69) is 4.72 Å². The quantitative estimate of drug-likeness (QED) is 0.855. The van der Waals surface area contributed by atoms with Crippen molar-refractivity contribution in [2.24, 2.45) is 0 Å². The summed E-state index contributed by atoms with van der Waals surface area (Å²) in [6, 6.07) is 8.62. The van der Waals surface area contributed by atoms with Crippen LogP contribution in [0.2, 0.25) is 0 Å². The van der Waals surface area contributed by atoms with Crippen LogP contribution in [0.15, 0.2) is 41.3 Å². The minimum absolute atomic E-state index is 0.125. The zero-order valence-corrected chi connectivity index (χ0v) is 12.0. The van der Waals surface area contributed by atoms with E-state index >= 15 is 0 Å². The van der Waals surface area contributed by atoms with Gasteiger partial charge in [-0.25, -0.2) is 12.8 Å². The second-order valence-electron chi connectivity index (χ2n) is 4.59. The Bertz CT molecular complexity index is 758. The highest BCUT2D eigenvalue weighted by atomic mass is 32.2. The molecule has 0 saturated heterocycles. The highest BCUT2D eigenvalue weighted by Crippen LogP contribution is 2.21. The molecule has 0 aliphatic heterocycles. The number of nitrogens with two attached hydrogens (primary N) is 1. The summed E-state index contributed by atoms with van der Waals surface area (Å²) >= 11 is 0. The van der Waals surface area contributed by atoms with E-state index in [4.69, 9.17) is 5.73 Å². The van der Waals surface area contributed by atoms with Crippen LogP contribution in [0.4, 0.5) is 15.8 Å². The fraction of sp³-hybridized carbons (Fsp3) is 0.143. The minimum Gasteiger partial charge on any atom is -0.398 e.